The first-order chi connectivity index (χ1) is 23.8. The summed E-state index contributed by atoms with van der Waals surface area (Å²) in [6.45, 7) is 11.5. The van der Waals surface area contributed by atoms with Gasteiger partial charge in [0.1, 0.15) is 11.5 Å². The van der Waals surface area contributed by atoms with E-state index in [4.69, 9.17) is 37.9 Å². The molecule has 0 radical (unpaired) electrons. The number of nitrogens with zero attached hydrogens (tertiary/aromatic N) is 2. The molecule has 49 heavy (non-hydrogen) atoms. The summed E-state index contributed by atoms with van der Waals surface area (Å²) in [7, 11) is 1.54. The van der Waals surface area contributed by atoms with Crippen LogP contribution < -0.4 is 18.9 Å². The highest BCUT2D eigenvalue weighted by molar-refractivity contribution is 5.91. The lowest BCUT2D eigenvalue weighted by Crippen LogP contribution is -2.43. The predicted molar refractivity (Wildman–Crippen MR) is 184 cm³/mol. The maximum atomic E-state index is 12.8. The van der Waals surface area contributed by atoms with Crippen molar-refractivity contribution in [2.75, 3.05) is 73.2 Å². The molecule has 2 aliphatic heterocycles. The Bertz CT molecular complexity index is 1490. The minimum atomic E-state index is -0.508. The normalized spacial score (nSPS) is 16.1. The molecule has 0 unspecified atom stereocenters. The lowest BCUT2D eigenvalue weighted by molar-refractivity contribution is -0.138. The molecule has 0 spiro atoms. The van der Waals surface area contributed by atoms with Crippen molar-refractivity contribution in [1.29, 1.82) is 0 Å². The average molecular weight is 677 g/mol. The Hall–Kier alpha value is -4.03. The number of hydrogen-bond donors (Lipinski definition) is 0. The van der Waals surface area contributed by atoms with E-state index in [0.717, 1.165) is 77.7 Å². The maximum Gasteiger partial charge on any atom is 0.343 e. The third-order valence-corrected chi connectivity index (χ3v) is 8.16. The number of carbonyl (C=O) groups excluding carboxylic acids is 1. The van der Waals surface area contributed by atoms with Gasteiger partial charge in [0.05, 0.1) is 76.9 Å². The second-order valence-electron chi connectivity index (χ2n) is 13.3. The van der Waals surface area contributed by atoms with E-state index in [1.165, 1.54) is 0 Å². The van der Waals surface area contributed by atoms with Crippen molar-refractivity contribution in [2.45, 2.75) is 39.5 Å². The highest BCUT2D eigenvalue weighted by Gasteiger charge is 2.34. The van der Waals surface area contributed by atoms with E-state index in [-0.39, 0.29) is 10.8 Å². The maximum absolute atomic E-state index is 12.8. The summed E-state index contributed by atoms with van der Waals surface area (Å²) in [6, 6.07) is 19.3. The molecule has 0 aromatic heterocycles. The van der Waals surface area contributed by atoms with Crippen LogP contribution in [0.25, 0.3) is 0 Å². The molecule has 2 fully saturated rings. The van der Waals surface area contributed by atoms with Gasteiger partial charge in [-0.05, 0) is 92.4 Å². The SMILES string of the molecule is COc1cc(C(=O)Oc2ccc(N=Nc3ccc(OCCCCOCC4(C)COC4)cc3)cc2)ccc1OCCCCOCC1(C)COC1. The van der Waals surface area contributed by atoms with E-state index in [0.29, 0.717) is 54.0 Å². The largest absolute Gasteiger partial charge is 0.494 e. The van der Waals surface area contributed by atoms with Crippen LogP contribution in [0.15, 0.2) is 77.0 Å². The van der Waals surface area contributed by atoms with E-state index < -0.39 is 5.97 Å². The first kappa shape index (κ1) is 36.3. The van der Waals surface area contributed by atoms with Crippen molar-refractivity contribution in [3.63, 3.8) is 0 Å². The molecule has 3 aromatic carbocycles. The number of rotatable bonds is 21. The molecule has 0 N–H and O–H groups in total. The number of esters is 1. The number of azo groups is 1. The highest BCUT2D eigenvalue weighted by Crippen LogP contribution is 2.30. The van der Waals surface area contributed by atoms with Crippen molar-refractivity contribution in [2.24, 2.45) is 21.1 Å². The molecule has 2 heterocycles. The van der Waals surface area contributed by atoms with Gasteiger partial charge in [-0.15, -0.1) is 0 Å². The predicted octanol–water partition coefficient (Wildman–Crippen LogP) is 7.75. The van der Waals surface area contributed by atoms with Gasteiger partial charge in [-0.25, -0.2) is 4.79 Å². The summed E-state index contributed by atoms with van der Waals surface area (Å²) in [5, 5.41) is 8.59. The summed E-state index contributed by atoms with van der Waals surface area (Å²) in [6.07, 6.45) is 3.60. The molecule has 0 amide bonds. The Morgan fingerprint density at radius 3 is 1.67 bits per heavy atom. The Morgan fingerprint density at radius 1 is 0.653 bits per heavy atom. The third kappa shape index (κ3) is 11.5. The number of ether oxygens (including phenoxy) is 8. The van der Waals surface area contributed by atoms with Gasteiger partial charge >= 0.3 is 5.97 Å². The second-order valence-corrected chi connectivity index (χ2v) is 13.3. The molecule has 2 saturated heterocycles. The van der Waals surface area contributed by atoms with Gasteiger partial charge in [0.2, 0.25) is 0 Å². The molecular formula is C38H48N2O9. The second kappa shape index (κ2) is 18.1. The zero-order valence-corrected chi connectivity index (χ0v) is 28.8. The van der Waals surface area contributed by atoms with Gasteiger partial charge in [-0.1, -0.05) is 13.8 Å². The summed E-state index contributed by atoms with van der Waals surface area (Å²) in [5.41, 5.74) is 2.02. The molecular weight excluding hydrogens is 628 g/mol. The number of methoxy groups -OCH3 is 1. The molecule has 0 atom stereocenters. The smallest absolute Gasteiger partial charge is 0.343 e. The van der Waals surface area contributed by atoms with Crippen LogP contribution >= 0.6 is 0 Å². The number of unbranched alkanes of at least 4 members (excludes halogenated alkanes) is 2. The van der Waals surface area contributed by atoms with Gasteiger partial charge in [0, 0.05) is 24.0 Å². The molecule has 11 heteroatoms. The molecule has 264 valence electrons. The van der Waals surface area contributed by atoms with Gasteiger partial charge in [0.25, 0.3) is 0 Å². The van der Waals surface area contributed by atoms with Crippen molar-refractivity contribution in [3.05, 3.63) is 72.3 Å². The Morgan fingerprint density at radius 2 is 1.16 bits per heavy atom. The monoisotopic (exact) mass is 676 g/mol. The minimum absolute atomic E-state index is 0.161. The summed E-state index contributed by atoms with van der Waals surface area (Å²) < 4.78 is 44.8. The average Bonchev–Trinajstić information content (AvgIpc) is 3.09. The van der Waals surface area contributed by atoms with Crippen LogP contribution in [0.4, 0.5) is 11.4 Å². The molecule has 11 nitrogen and oxygen atoms in total. The van der Waals surface area contributed by atoms with E-state index in [2.05, 4.69) is 24.1 Å². The zero-order valence-electron chi connectivity index (χ0n) is 28.8. The van der Waals surface area contributed by atoms with E-state index >= 15 is 0 Å². The van der Waals surface area contributed by atoms with Crippen molar-refractivity contribution in [1.82, 2.24) is 0 Å². The summed E-state index contributed by atoms with van der Waals surface area (Å²) in [5.74, 6) is 1.69. The van der Waals surface area contributed by atoms with Gasteiger partial charge in [-0.2, -0.15) is 10.2 Å². The lowest BCUT2D eigenvalue weighted by atomic mass is 9.90. The standard InChI is InChI=1S/C38H48N2O9/c1-37(25-45-26-37)23-43-18-4-6-20-47-32-13-9-30(10-14-32)39-40-31-11-15-33(16-12-31)49-36(41)29-8-17-34(35(22-29)42-3)48-21-7-5-19-44-24-38(2)27-46-28-38/h8-17,22H,4-7,18-21,23-28H2,1-3H3. The summed E-state index contributed by atoms with van der Waals surface area (Å²) >= 11 is 0. The zero-order chi connectivity index (χ0) is 34.4. The van der Waals surface area contributed by atoms with E-state index in [1.54, 1.807) is 49.6 Å². The van der Waals surface area contributed by atoms with E-state index in [1.807, 2.05) is 24.3 Å². The number of carbonyl (C=O) groups is 1. The van der Waals surface area contributed by atoms with Crippen LogP contribution in [0.5, 0.6) is 23.0 Å². The van der Waals surface area contributed by atoms with Crippen molar-refractivity contribution in [3.8, 4) is 23.0 Å². The van der Waals surface area contributed by atoms with Crippen LogP contribution in [-0.4, -0.2) is 79.1 Å². The lowest BCUT2D eigenvalue weighted by Gasteiger charge is -2.37. The van der Waals surface area contributed by atoms with Gasteiger partial charge in [0.15, 0.2) is 11.5 Å². The molecule has 2 aliphatic rings. The first-order valence-electron chi connectivity index (χ1n) is 16.9. The number of benzene rings is 3. The Labute approximate surface area is 288 Å². The fraction of sp³-hybridized carbons (Fsp3) is 0.500. The summed E-state index contributed by atoms with van der Waals surface area (Å²) in [4.78, 5) is 12.8. The molecule has 0 aliphatic carbocycles. The van der Waals surface area contributed by atoms with Crippen LogP contribution in [0.3, 0.4) is 0 Å². The van der Waals surface area contributed by atoms with Crippen LogP contribution in [-0.2, 0) is 18.9 Å². The highest BCUT2D eigenvalue weighted by atomic mass is 16.5. The molecule has 5 rings (SSSR count). The third-order valence-electron chi connectivity index (χ3n) is 8.16. The topological polar surface area (TPSA) is 116 Å². The fourth-order valence-electron chi connectivity index (χ4n) is 5.07. The minimum Gasteiger partial charge on any atom is -0.494 e. The Kier molecular flexibility index (Phi) is 13.4. The number of hydrogen-bond acceptors (Lipinski definition) is 11. The molecule has 3 aromatic rings. The van der Waals surface area contributed by atoms with Crippen LogP contribution in [0, 0.1) is 10.8 Å². The van der Waals surface area contributed by atoms with E-state index in [9.17, 15) is 4.79 Å². The van der Waals surface area contributed by atoms with Crippen molar-refractivity contribution >= 4 is 17.3 Å². The van der Waals surface area contributed by atoms with Gasteiger partial charge < -0.3 is 37.9 Å². The Balaban J connectivity index is 0.983. The first-order valence-corrected chi connectivity index (χ1v) is 16.9. The van der Waals surface area contributed by atoms with Crippen LogP contribution in [0.2, 0.25) is 0 Å². The molecule has 0 bridgehead atoms. The van der Waals surface area contributed by atoms with Crippen LogP contribution in [0.1, 0.15) is 49.9 Å². The quantitative estimate of drug-likeness (QED) is 0.0483. The fourth-order valence-corrected chi connectivity index (χ4v) is 5.07. The van der Waals surface area contributed by atoms with Gasteiger partial charge in [-0.3, -0.25) is 0 Å². The molecule has 0 saturated carbocycles. The van der Waals surface area contributed by atoms with Crippen molar-refractivity contribution < 1.29 is 42.7 Å².